The molecule has 0 saturated heterocycles. The second-order valence-corrected chi connectivity index (χ2v) is 5.30. The molecule has 4 heteroatoms. The molecule has 1 aliphatic rings. The molecule has 2 aromatic carbocycles. The maximum atomic E-state index is 11.5. The van der Waals surface area contributed by atoms with E-state index in [2.05, 4.69) is 5.16 Å². The van der Waals surface area contributed by atoms with Crippen molar-refractivity contribution in [3.8, 4) is 5.75 Å². The van der Waals surface area contributed by atoms with Gasteiger partial charge in [-0.05, 0) is 42.5 Å². The Morgan fingerprint density at radius 3 is 2.68 bits per heavy atom. The fraction of sp³-hybridized carbons (Fsp3) is 0.222. The van der Waals surface area contributed by atoms with Crippen LogP contribution in [-0.2, 0) is 13.0 Å². The van der Waals surface area contributed by atoms with E-state index in [1.807, 2.05) is 36.4 Å². The van der Waals surface area contributed by atoms with Crippen LogP contribution in [0, 0.1) is 0 Å². The van der Waals surface area contributed by atoms with Crippen molar-refractivity contribution in [1.29, 1.82) is 0 Å². The van der Waals surface area contributed by atoms with Gasteiger partial charge in [-0.15, -0.1) is 0 Å². The molecule has 0 amide bonds. The zero-order valence-electron chi connectivity index (χ0n) is 12.2. The first-order valence-corrected chi connectivity index (χ1v) is 7.32. The SMILES string of the molecule is O=Cc1c(OCc2ccccc2)ccc2c1CCC/C2=N\O. The summed E-state index contributed by atoms with van der Waals surface area (Å²) < 4.78 is 5.82. The summed E-state index contributed by atoms with van der Waals surface area (Å²) in [6, 6.07) is 13.5. The van der Waals surface area contributed by atoms with Crippen molar-refractivity contribution in [3.63, 3.8) is 0 Å². The number of carbonyl (C=O) groups is 1. The molecule has 4 nitrogen and oxygen atoms in total. The zero-order chi connectivity index (χ0) is 15.4. The predicted octanol–water partition coefficient (Wildman–Crippen LogP) is 3.59. The molecule has 0 unspecified atom stereocenters. The summed E-state index contributed by atoms with van der Waals surface area (Å²) in [5.74, 6) is 0.580. The molecule has 1 aliphatic carbocycles. The molecular formula is C18H17NO3. The van der Waals surface area contributed by atoms with Crippen LogP contribution < -0.4 is 4.74 Å². The van der Waals surface area contributed by atoms with Crippen LogP contribution in [-0.4, -0.2) is 17.2 Å². The standard InChI is InChI=1S/C18H17NO3/c20-11-16-14-7-4-8-17(19-21)15(14)9-10-18(16)22-12-13-5-2-1-3-6-13/h1-3,5-6,9-11,21H,4,7-8,12H2/b19-17+. The van der Waals surface area contributed by atoms with Gasteiger partial charge in [0, 0.05) is 5.56 Å². The number of fused-ring (bicyclic) bond motifs is 1. The normalized spacial score (nSPS) is 15.4. The summed E-state index contributed by atoms with van der Waals surface area (Å²) in [6.45, 7) is 0.418. The van der Waals surface area contributed by atoms with Crippen LogP contribution in [0.2, 0.25) is 0 Å². The van der Waals surface area contributed by atoms with E-state index in [9.17, 15) is 4.79 Å². The molecule has 22 heavy (non-hydrogen) atoms. The van der Waals surface area contributed by atoms with Crippen LogP contribution in [0.15, 0.2) is 47.6 Å². The van der Waals surface area contributed by atoms with Crippen LogP contribution >= 0.6 is 0 Å². The van der Waals surface area contributed by atoms with E-state index in [4.69, 9.17) is 9.94 Å². The lowest BCUT2D eigenvalue weighted by molar-refractivity contribution is 0.111. The highest BCUT2D eigenvalue weighted by molar-refractivity contribution is 6.04. The van der Waals surface area contributed by atoms with Gasteiger partial charge in [-0.25, -0.2) is 0 Å². The molecule has 0 aliphatic heterocycles. The molecule has 0 heterocycles. The Morgan fingerprint density at radius 2 is 1.95 bits per heavy atom. The van der Waals surface area contributed by atoms with Gasteiger partial charge >= 0.3 is 0 Å². The lowest BCUT2D eigenvalue weighted by Crippen LogP contribution is -2.15. The largest absolute Gasteiger partial charge is 0.488 e. The molecule has 2 aromatic rings. The molecule has 3 rings (SSSR count). The van der Waals surface area contributed by atoms with E-state index >= 15 is 0 Å². The molecule has 0 aromatic heterocycles. The maximum absolute atomic E-state index is 11.5. The highest BCUT2D eigenvalue weighted by atomic mass is 16.5. The van der Waals surface area contributed by atoms with Gasteiger partial charge in [-0.1, -0.05) is 35.5 Å². The Morgan fingerprint density at radius 1 is 1.14 bits per heavy atom. The average Bonchev–Trinajstić information content (AvgIpc) is 2.59. The van der Waals surface area contributed by atoms with Crippen LogP contribution in [0.4, 0.5) is 0 Å². The van der Waals surface area contributed by atoms with Crippen LogP contribution in [0.25, 0.3) is 0 Å². The number of nitrogens with zero attached hydrogens (tertiary/aromatic N) is 1. The molecule has 0 spiro atoms. The Kier molecular flexibility index (Phi) is 4.19. The monoisotopic (exact) mass is 295 g/mol. The first kappa shape index (κ1) is 14.3. The molecule has 0 radical (unpaired) electrons. The van der Waals surface area contributed by atoms with Crippen molar-refractivity contribution in [2.45, 2.75) is 25.9 Å². The molecule has 0 fully saturated rings. The van der Waals surface area contributed by atoms with Gasteiger partial charge in [-0.3, -0.25) is 4.79 Å². The molecule has 1 N–H and O–H groups in total. The van der Waals surface area contributed by atoms with Crippen molar-refractivity contribution in [3.05, 3.63) is 64.7 Å². The van der Waals surface area contributed by atoms with Gasteiger partial charge in [0.1, 0.15) is 12.4 Å². The van der Waals surface area contributed by atoms with Crippen molar-refractivity contribution >= 4 is 12.0 Å². The Labute approximate surface area is 129 Å². The third-order valence-electron chi connectivity index (χ3n) is 3.94. The Bertz CT molecular complexity index is 708. The second-order valence-electron chi connectivity index (χ2n) is 5.30. The fourth-order valence-electron chi connectivity index (χ4n) is 2.84. The summed E-state index contributed by atoms with van der Waals surface area (Å²) >= 11 is 0. The minimum Gasteiger partial charge on any atom is -0.488 e. The number of hydrogen-bond acceptors (Lipinski definition) is 4. The average molecular weight is 295 g/mol. The Balaban J connectivity index is 1.91. The predicted molar refractivity (Wildman–Crippen MR) is 83.9 cm³/mol. The van der Waals surface area contributed by atoms with Crippen molar-refractivity contribution in [2.75, 3.05) is 0 Å². The van der Waals surface area contributed by atoms with E-state index in [1.54, 1.807) is 6.07 Å². The van der Waals surface area contributed by atoms with Gasteiger partial charge in [-0.2, -0.15) is 0 Å². The van der Waals surface area contributed by atoms with Gasteiger partial charge in [0.2, 0.25) is 0 Å². The number of carbonyl (C=O) groups excluding carboxylic acids is 1. The highest BCUT2D eigenvalue weighted by Crippen LogP contribution is 2.30. The van der Waals surface area contributed by atoms with Crippen molar-refractivity contribution in [1.82, 2.24) is 0 Å². The fourth-order valence-corrected chi connectivity index (χ4v) is 2.84. The molecule has 0 saturated carbocycles. The van der Waals surface area contributed by atoms with Gasteiger partial charge < -0.3 is 9.94 Å². The summed E-state index contributed by atoms with van der Waals surface area (Å²) in [7, 11) is 0. The lowest BCUT2D eigenvalue weighted by Gasteiger charge is -2.20. The topological polar surface area (TPSA) is 58.9 Å². The maximum Gasteiger partial charge on any atom is 0.154 e. The molecular weight excluding hydrogens is 278 g/mol. The third kappa shape index (κ3) is 2.72. The van der Waals surface area contributed by atoms with Crippen LogP contribution in [0.5, 0.6) is 5.75 Å². The number of aldehydes is 1. The molecule has 0 bridgehead atoms. The minimum absolute atomic E-state index is 0.418. The second kappa shape index (κ2) is 6.43. The van der Waals surface area contributed by atoms with E-state index in [-0.39, 0.29) is 0 Å². The smallest absolute Gasteiger partial charge is 0.154 e. The number of benzene rings is 2. The summed E-state index contributed by atoms with van der Waals surface area (Å²) in [4.78, 5) is 11.5. The van der Waals surface area contributed by atoms with Gasteiger partial charge in [0.05, 0.1) is 11.3 Å². The summed E-state index contributed by atoms with van der Waals surface area (Å²) in [5.41, 5.74) is 4.02. The van der Waals surface area contributed by atoms with E-state index < -0.39 is 0 Å². The minimum atomic E-state index is 0.418. The summed E-state index contributed by atoms with van der Waals surface area (Å²) in [6.07, 6.45) is 3.23. The Hall–Kier alpha value is -2.62. The van der Waals surface area contributed by atoms with E-state index in [0.717, 1.165) is 42.2 Å². The highest BCUT2D eigenvalue weighted by Gasteiger charge is 2.21. The van der Waals surface area contributed by atoms with Crippen molar-refractivity contribution in [2.24, 2.45) is 5.16 Å². The van der Waals surface area contributed by atoms with Crippen LogP contribution in [0.3, 0.4) is 0 Å². The quantitative estimate of drug-likeness (QED) is 0.532. The van der Waals surface area contributed by atoms with Gasteiger partial charge in [0.15, 0.2) is 6.29 Å². The van der Waals surface area contributed by atoms with E-state index in [0.29, 0.717) is 23.6 Å². The first-order valence-electron chi connectivity index (χ1n) is 7.32. The number of oxime groups is 1. The first-order chi connectivity index (χ1) is 10.8. The number of hydrogen-bond donors (Lipinski definition) is 1. The third-order valence-corrected chi connectivity index (χ3v) is 3.94. The van der Waals surface area contributed by atoms with Gasteiger partial charge in [0.25, 0.3) is 0 Å². The number of rotatable bonds is 4. The molecule has 0 atom stereocenters. The van der Waals surface area contributed by atoms with Crippen molar-refractivity contribution < 1.29 is 14.7 Å². The molecule has 112 valence electrons. The van der Waals surface area contributed by atoms with Crippen LogP contribution in [0.1, 0.15) is 39.9 Å². The van der Waals surface area contributed by atoms with E-state index in [1.165, 1.54) is 0 Å². The number of ether oxygens (including phenoxy) is 1. The lowest BCUT2D eigenvalue weighted by atomic mass is 9.87. The summed E-state index contributed by atoms with van der Waals surface area (Å²) in [5, 5.41) is 12.4. The zero-order valence-corrected chi connectivity index (χ0v) is 12.2.